The zero-order valence-electron chi connectivity index (χ0n) is 16.9. The third-order valence-electron chi connectivity index (χ3n) is 5.25. The van der Waals surface area contributed by atoms with E-state index in [0.717, 1.165) is 18.7 Å². The topological polar surface area (TPSA) is 70.1 Å². The number of Topliss-reactive ketones (excluding diaryl/α,β-unsaturated/α-hetero) is 1. The van der Waals surface area contributed by atoms with Gasteiger partial charge in [-0.1, -0.05) is 32.0 Å². The highest BCUT2D eigenvalue weighted by Gasteiger charge is 2.43. The average molecular weight is 415 g/mol. The van der Waals surface area contributed by atoms with Gasteiger partial charge in [0.15, 0.2) is 5.76 Å². The van der Waals surface area contributed by atoms with Gasteiger partial charge in [-0.05, 0) is 42.2 Å². The molecule has 7 heteroatoms. The van der Waals surface area contributed by atoms with E-state index in [9.17, 15) is 14.7 Å². The average Bonchev–Trinajstić information content (AvgIpc) is 3.37. The van der Waals surface area contributed by atoms with Gasteiger partial charge < -0.3 is 19.6 Å². The molecule has 1 N–H and O–H groups in total. The van der Waals surface area contributed by atoms with E-state index in [0.29, 0.717) is 23.7 Å². The first-order chi connectivity index (χ1) is 14.0. The molecule has 0 radical (unpaired) electrons. The lowest BCUT2D eigenvalue weighted by Gasteiger charge is -2.29. The summed E-state index contributed by atoms with van der Waals surface area (Å²) in [5.74, 6) is -0.655. The maximum absolute atomic E-state index is 13.2. The standard InChI is InChI=1S/C22H26N2O4S/c1-4-23(5-2)11-12-24-19(15-8-6-9-16(14-15)28-3)18(21(26)22(24)27)20(25)17-10-7-13-29-17/h6-10,13-14,19,26H,4-5,11-12H2,1-3H3/t19-/m0/s1. The summed E-state index contributed by atoms with van der Waals surface area (Å²) in [6.07, 6.45) is 0. The molecule has 0 spiro atoms. The number of ketones is 1. The number of benzene rings is 1. The SMILES string of the molecule is CCN(CC)CCN1C(=O)C(O)=C(C(=O)c2cccs2)[C@@H]1c1cccc(OC)c1. The summed E-state index contributed by atoms with van der Waals surface area (Å²) in [5, 5.41) is 12.5. The molecular weight excluding hydrogens is 388 g/mol. The van der Waals surface area contributed by atoms with Crippen molar-refractivity contribution in [2.24, 2.45) is 0 Å². The smallest absolute Gasteiger partial charge is 0.290 e. The van der Waals surface area contributed by atoms with Crippen molar-refractivity contribution >= 4 is 23.0 Å². The number of hydrogen-bond acceptors (Lipinski definition) is 6. The molecule has 6 nitrogen and oxygen atoms in total. The first-order valence-corrected chi connectivity index (χ1v) is 10.6. The molecule has 0 saturated carbocycles. The highest BCUT2D eigenvalue weighted by molar-refractivity contribution is 7.12. The molecule has 1 amide bonds. The van der Waals surface area contributed by atoms with Crippen LogP contribution in [0.1, 0.15) is 35.1 Å². The van der Waals surface area contributed by atoms with Crippen LogP contribution in [0.25, 0.3) is 0 Å². The molecular formula is C22H26N2O4S. The van der Waals surface area contributed by atoms with Crippen LogP contribution in [0.4, 0.5) is 0 Å². The van der Waals surface area contributed by atoms with Crippen LogP contribution in [0.5, 0.6) is 5.75 Å². The number of methoxy groups -OCH3 is 1. The largest absolute Gasteiger partial charge is 0.503 e. The second kappa shape index (κ2) is 9.24. The molecule has 1 aromatic heterocycles. The van der Waals surface area contributed by atoms with Gasteiger partial charge in [-0.25, -0.2) is 0 Å². The van der Waals surface area contributed by atoms with Gasteiger partial charge in [-0.3, -0.25) is 9.59 Å². The minimum Gasteiger partial charge on any atom is -0.503 e. The molecule has 3 rings (SSSR count). The van der Waals surface area contributed by atoms with Gasteiger partial charge >= 0.3 is 0 Å². The Labute approximate surface area is 175 Å². The molecule has 29 heavy (non-hydrogen) atoms. The Balaban J connectivity index is 2.02. The fourth-order valence-electron chi connectivity index (χ4n) is 3.60. The van der Waals surface area contributed by atoms with Crippen molar-refractivity contribution in [1.29, 1.82) is 0 Å². The molecule has 154 valence electrons. The van der Waals surface area contributed by atoms with Gasteiger partial charge in [0.05, 0.1) is 23.6 Å². The molecule has 0 saturated heterocycles. The van der Waals surface area contributed by atoms with E-state index in [1.54, 1.807) is 29.5 Å². The molecule has 1 atom stereocenters. The summed E-state index contributed by atoms with van der Waals surface area (Å²) in [6.45, 7) is 6.93. The predicted molar refractivity (Wildman–Crippen MR) is 114 cm³/mol. The number of hydrogen-bond donors (Lipinski definition) is 1. The lowest BCUT2D eigenvalue weighted by Crippen LogP contribution is -2.38. The Morgan fingerprint density at radius 2 is 2.00 bits per heavy atom. The molecule has 0 fully saturated rings. The Bertz CT molecular complexity index is 903. The van der Waals surface area contributed by atoms with Crippen molar-refractivity contribution in [2.45, 2.75) is 19.9 Å². The van der Waals surface area contributed by atoms with Crippen LogP contribution < -0.4 is 4.74 Å². The molecule has 1 aromatic carbocycles. The summed E-state index contributed by atoms with van der Waals surface area (Å²) < 4.78 is 5.33. The quantitative estimate of drug-likeness (QED) is 0.634. The summed E-state index contributed by atoms with van der Waals surface area (Å²) >= 11 is 1.30. The van der Waals surface area contributed by atoms with E-state index in [1.807, 2.05) is 24.3 Å². The number of rotatable bonds is 9. The van der Waals surface area contributed by atoms with Crippen LogP contribution in [0, 0.1) is 0 Å². The maximum atomic E-state index is 13.2. The van der Waals surface area contributed by atoms with Gasteiger partial charge in [0, 0.05) is 13.1 Å². The van der Waals surface area contributed by atoms with E-state index in [2.05, 4.69) is 18.7 Å². The van der Waals surface area contributed by atoms with E-state index < -0.39 is 17.7 Å². The highest BCUT2D eigenvalue weighted by atomic mass is 32.1. The zero-order valence-corrected chi connectivity index (χ0v) is 17.7. The van der Waals surface area contributed by atoms with E-state index >= 15 is 0 Å². The number of thiophene rings is 1. The van der Waals surface area contributed by atoms with Crippen molar-refractivity contribution in [3.05, 3.63) is 63.6 Å². The van der Waals surface area contributed by atoms with Crippen LogP contribution in [0.3, 0.4) is 0 Å². The van der Waals surface area contributed by atoms with Gasteiger partial charge in [-0.2, -0.15) is 0 Å². The lowest BCUT2D eigenvalue weighted by molar-refractivity contribution is -0.129. The highest BCUT2D eigenvalue weighted by Crippen LogP contribution is 2.40. The Morgan fingerprint density at radius 3 is 2.62 bits per heavy atom. The van der Waals surface area contributed by atoms with Crippen molar-refractivity contribution < 1.29 is 19.4 Å². The van der Waals surface area contributed by atoms with Gasteiger partial charge in [0.25, 0.3) is 5.91 Å². The van der Waals surface area contributed by atoms with E-state index in [1.165, 1.54) is 11.3 Å². The number of nitrogens with zero attached hydrogens (tertiary/aromatic N) is 2. The minimum absolute atomic E-state index is 0.130. The second-order valence-corrected chi connectivity index (χ2v) is 7.72. The third kappa shape index (κ3) is 4.21. The van der Waals surface area contributed by atoms with Crippen LogP contribution >= 0.6 is 11.3 Å². The van der Waals surface area contributed by atoms with Gasteiger partial charge in [0.2, 0.25) is 5.78 Å². The molecule has 0 aliphatic carbocycles. The van der Waals surface area contributed by atoms with Crippen molar-refractivity contribution in [3.63, 3.8) is 0 Å². The summed E-state index contributed by atoms with van der Waals surface area (Å²) in [5.41, 5.74) is 0.867. The number of carbonyl (C=O) groups is 2. The van der Waals surface area contributed by atoms with Crippen LogP contribution in [0.2, 0.25) is 0 Å². The molecule has 1 aliphatic heterocycles. The number of aliphatic hydroxyl groups excluding tert-OH is 1. The van der Waals surface area contributed by atoms with Gasteiger partial charge in [0.1, 0.15) is 5.75 Å². The first kappa shape index (κ1) is 21.1. The van der Waals surface area contributed by atoms with Crippen LogP contribution in [-0.4, -0.2) is 59.9 Å². The number of amides is 1. The van der Waals surface area contributed by atoms with Crippen molar-refractivity contribution in [3.8, 4) is 5.75 Å². The molecule has 2 aromatic rings. The fraction of sp³-hybridized carbons (Fsp3) is 0.364. The number of ether oxygens (including phenoxy) is 1. The Morgan fingerprint density at radius 1 is 1.24 bits per heavy atom. The van der Waals surface area contributed by atoms with Crippen LogP contribution in [0.15, 0.2) is 53.1 Å². The predicted octanol–water partition coefficient (Wildman–Crippen LogP) is 3.68. The first-order valence-electron chi connectivity index (χ1n) is 9.70. The summed E-state index contributed by atoms with van der Waals surface area (Å²) in [7, 11) is 1.57. The number of aliphatic hydroxyl groups is 1. The zero-order chi connectivity index (χ0) is 21.0. The Hall–Kier alpha value is -2.64. The van der Waals surface area contributed by atoms with Crippen molar-refractivity contribution in [1.82, 2.24) is 9.80 Å². The summed E-state index contributed by atoms with van der Waals surface area (Å²) in [6, 6.07) is 10.1. The minimum atomic E-state index is -0.650. The molecule has 0 unspecified atom stereocenters. The molecule has 2 heterocycles. The lowest BCUT2D eigenvalue weighted by atomic mass is 9.95. The summed E-state index contributed by atoms with van der Waals surface area (Å²) in [4.78, 5) is 30.4. The number of carbonyl (C=O) groups excluding carboxylic acids is 2. The van der Waals surface area contributed by atoms with E-state index in [4.69, 9.17) is 4.74 Å². The molecule has 1 aliphatic rings. The monoisotopic (exact) mass is 414 g/mol. The van der Waals surface area contributed by atoms with E-state index in [-0.39, 0.29) is 11.4 Å². The van der Waals surface area contributed by atoms with Crippen molar-refractivity contribution in [2.75, 3.05) is 33.3 Å². The Kier molecular flexibility index (Phi) is 6.71. The molecule has 0 bridgehead atoms. The third-order valence-corrected chi connectivity index (χ3v) is 6.12. The second-order valence-electron chi connectivity index (χ2n) is 6.77. The van der Waals surface area contributed by atoms with Crippen LogP contribution in [-0.2, 0) is 4.79 Å². The normalized spacial score (nSPS) is 16.8. The van der Waals surface area contributed by atoms with Gasteiger partial charge in [-0.15, -0.1) is 11.3 Å². The maximum Gasteiger partial charge on any atom is 0.290 e. The fourth-order valence-corrected chi connectivity index (χ4v) is 4.28. The number of likely N-dealkylation sites (N-methyl/N-ethyl adjacent to an activating group) is 1.